The first-order valence-corrected chi connectivity index (χ1v) is 7.12. The Bertz CT molecular complexity index is 705. The highest BCUT2D eigenvalue weighted by Crippen LogP contribution is 2.41. The van der Waals surface area contributed by atoms with Gasteiger partial charge in [0.2, 0.25) is 0 Å². The van der Waals surface area contributed by atoms with Gasteiger partial charge in [-0.1, -0.05) is 18.2 Å². The van der Waals surface area contributed by atoms with Crippen LogP contribution in [0.25, 0.3) is 0 Å². The number of aromatic hydroxyl groups is 1. The lowest BCUT2D eigenvalue weighted by atomic mass is 9.81. The van der Waals surface area contributed by atoms with Crippen LogP contribution in [-0.4, -0.2) is 37.0 Å². The largest absolute Gasteiger partial charge is 0.508 e. The summed E-state index contributed by atoms with van der Waals surface area (Å²) in [4.78, 5) is 28.7. The van der Waals surface area contributed by atoms with Crippen molar-refractivity contribution in [3.05, 3.63) is 41.0 Å². The number of methoxy groups -OCH3 is 2. The van der Waals surface area contributed by atoms with Crippen LogP contribution in [-0.2, 0) is 19.1 Å². The fraction of sp³-hybridized carbons (Fsp3) is 0.353. The minimum absolute atomic E-state index is 0.0391. The van der Waals surface area contributed by atoms with Crippen molar-refractivity contribution in [1.82, 2.24) is 0 Å². The first-order chi connectivity index (χ1) is 10.9. The number of carbonyl (C=O) groups excluding carboxylic acids is 2. The van der Waals surface area contributed by atoms with E-state index in [-0.39, 0.29) is 11.3 Å². The molecule has 6 heteroatoms. The quantitative estimate of drug-likeness (QED) is 0.864. The van der Waals surface area contributed by atoms with E-state index in [9.17, 15) is 14.7 Å². The van der Waals surface area contributed by atoms with Gasteiger partial charge in [0.15, 0.2) is 0 Å². The molecule has 0 saturated heterocycles. The molecule has 2 rings (SSSR count). The molecule has 23 heavy (non-hydrogen) atoms. The summed E-state index contributed by atoms with van der Waals surface area (Å²) in [7, 11) is 2.55. The molecule has 0 saturated carbocycles. The Morgan fingerprint density at radius 1 is 1.13 bits per heavy atom. The molecule has 2 atom stereocenters. The molecule has 0 radical (unpaired) electrons. The number of ether oxygens (including phenoxy) is 2. The number of phenolic OH excluding ortho intramolecular Hbond substituents is 1. The van der Waals surface area contributed by atoms with Crippen molar-refractivity contribution >= 4 is 17.7 Å². The van der Waals surface area contributed by atoms with Crippen LogP contribution < -0.4 is 0 Å². The second kappa shape index (κ2) is 6.64. The van der Waals surface area contributed by atoms with Gasteiger partial charge in [0, 0.05) is 11.3 Å². The molecule has 0 bridgehead atoms. The fourth-order valence-electron chi connectivity index (χ4n) is 2.86. The molecule has 1 heterocycles. The minimum Gasteiger partial charge on any atom is -0.508 e. The number of rotatable bonds is 3. The third-order valence-electron chi connectivity index (χ3n) is 3.97. The molecule has 1 aromatic carbocycles. The highest BCUT2D eigenvalue weighted by Gasteiger charge is 2.39. The number of benzene rings is 1. The van der Waals surface area contributed by atoms with Gasteiger partial charge in [0.1, 0.15) is 11.7 Å². The number of hydrogen-bond donors (Lipinski definition) is 1. The van der Waals surface area contributed by atoms with Crippen LogP contribution >= 0.6 is 0 Å². The first kappa shape index (κ1) is 16.7. The first-order valence-electron chi connectivity index (χ1n) is 7.12. The van der Waals surface area contributed by atoms with E-state index in [2.05, 4.69) is 4.99 Å². The molecule has 0 fully saturated rings. The Balaban J connectivity index is 2.61. The molecule has 122 valence electrons. The average Bonchev–Trinajstić information content (AvgIpc) is 2.53. The maximum atomic E-state index is 12.3. The van der Waals surface area contributed by atoms with Gasteiger partial charge >= 0.3 is 11.9 Å². The number of esters is 2. The molecule has 0 aromatic heterocycles. The van der Waals surface area contributed by atoms with Crippen molar-refractivity contribution in [2.45, 2.75) is 19.9 Å². The van der Waals surface area contributed by atoms with Gasteiger partial charge in [-0.2, -0.15) is 0 Å². The van der Waals surface area contributed by atoms with Crippen LogP contribution in [0.4, 0.5) is 0 Å². The van der Waals surface area contributed by atoms with Gasteiger partial charge < -0.3 is 14.6 Å². The predicted octanol–water partition coefficient (Wildman–Crippen LogP) is 2.19. The lowest BCUT2D eigenvalue weighted by Crippen LogP contribution is -2.32. The van der Waals surface area contributed by atoms with E-state index < -0.39 is 23.9 Å². The number of carbonyl (C=O) groups is 2. The van der Waals surface area contributed by atoms with Gasteiger partial charge in [-0.05, 0) is 25.5 Å². The van der Waals surface area contributed by atoms with Crippen LogP contribution in [0, 0.1) is 5.92 Å². The number of aliphatic imine (C=N–C) groups is 1. The van der Waals surface area contributed by atoms with E-state index in [1.165, 1.54) is 20.3 Å². The Morgan fingerprint density at radius 3 is 2.35 bits per heavy atom. The Morgan fingerprint density at radius 2 is 1.78 bits per heavy atom. The molecular formula is C17H19NO5. The second-order valence-corrected chi connectivity index (χ2v) is 5.27. The van der Waals surface area contributed by atoms with Gasteiger partial charge in [-0.3, -0.25) is 9.79 Å². The summed E-state index contributed by atoms with van der Waals surface area (Å²) in [6.45, 7) is 3.36. The van der Waals surface area contributed by atoms with Crippen molar-refractivity contribution in [3.63, 3.8) is 0 Å². The zero-order valence-electron chi connectivity index (χ0n) is 13.5. The summed E-state index contributed by atoms with van der Waals surface area (Å²) in [5, 5.41) is 10.1. The lowest BCUT2D eigenvalue weighted by molar-refractivity contribution is -0.144. The van der Waals surface area contributed by atoms with Crippen molar-refractivity contribution < 1.29 is 24.2 Å². The van der Waals surface area contributed by atoms with E-state index in [4.69, 9.17) is 9.47 Å². The Hall–Kier alpha value is -2.63. The van der Waals surface area contributed by atoms with Crippen molar-refractivity contribution in [2.75, 3.05) is 14.2 Å². The lowest BCUT2D eigenvalue weighted by Gasteiger charge is -2.30. The smallest absolute Gasteiger partial charge is 0.339 e. The number of hydrogen-bond acceptors (Lipinski definition) is 6. The summed E-state index contributed by atoms with van der Waals surface area (Å²) in [5.41, 5.74) is 1.76. The van der Waals surface area contributed by atoms with Gasteiger partial charge in [0.25, 0.3) is 0 Å². The molecule has 1 N–H and O–H groups in total. The molecule has 6 nitrogen and oxygen atoms in total. The van der Waals surface area contributed by atoms with Crippen LogP contribution in [0.1, 0.15) is 25.5 Å². The van der Waals surface area contributed by atoms with Crippen LogP contribution in [0.3, 0.4) is 0 Å². The molecule has 0 amide bonds. The van der Waals surface area contributed by atoms with Crippen LogP contribution in [0.2, 0.25) is 0 Å². The van der Waals surface area contributed by atoms with Gasteiger partial charge in [-0.15, -0.1) is 0 Å². The van der Waals surface area contributed by atoms with Gasteiger partial charge in [-0.25, -0.2) is 4.79 Å². The van der Waals surface area contributed by atoms with Crippen molar-refractivity contribution in [3.8, 4) is 5.75 Å². The van der Waals surface area contributed by atoms with E-state index in [0.29, 0.717) is 16.8 Å². The monoisotopic (exact) mass is 317 g/mol. The summed E-state index contributed by atoms with van der Waals surface area (Å²) in [6, 6.07) is 6.01. The van der Waals surface area contributed by atoms with Crippen LogP contribution in [0.15, 0.2) is 40.4 Å². The highest BCUT2D eigenvalue weighted by atomic mass is 16.5. The summed E-state index contributed by atoms with van der Waals surface area (Å²) in [5.74, 6) is -1.83. The fourth-order valence-corrected chi connectivity index (χ4v) is 2.86. The van der Waals surface area contributed by atoms with Crippen molar-refractivity contribution in [1.29, 1.82) is 0 Å². The zero-order chi connectivity index (χ0) is 17.1. The van der Waals surface area contributed by atoms with E-state index in [0.717, 1.165) is 0 Å². The standard InChI is InChI=1S/C17H19NO5/c1-9-13(16(20)22-3)10(2)18-15(14(9)17(21)23-4)11-7-5-6-8-12(11)19/h5-8,14-15,19H,1-4H3. The third-order valence-corrected chi connectivity index (χ3v) is 3.97. The predicted molar refractivity (Wildman–Crippen MR) is 84.2 cm³/mol. The molecule has 1 aliphatic rings. The summed E-state index contributed by atoms with van der Waals surface area (Å²) in [6.07, 6.45) is 0. The van der Waals surface area contributed by atoms with E-state index in [1.807, 2.05) is 0 Å². The summed E-state index contributed by atoms with van der Waals surface area (Å²) >= 11 is 0. The number of phenols is 1. The second-order valence-electron chi connectivity index (χ2n) is 5.27. The molecule has 1 aliphatic heterocycles. The number of para-hydroxylation sites is 1. The average molecular weight is 317 g/mol. The molecule has 1 aromatic rings. The van der Waals surface area contributed by atoms with E-state index >= 15 is 0 Å². The topological polar surface area (TPSA) is 85.2 Å². The maximum absolute atomic E-state index is 12.3. The third kappa shape index (κ3) is 2.97. The Kier molecular flexibility index (Phi) is 4.83. The maximum Gasteiger partial charge on any atom is 0.339 e. The molecular weight excluding hydrogens is 298 g/mol. The van der Waals surface area contributed by atoms with E-state index in [1.54, 1.807) is 32.0 Å². The zero-order valence-corrected chi connectivity index (χ0v) is 13.5. The van der Waals surface area contributed by atoms with Crippen LogP contribution in [0.5, 0.6) is 5.75 Å². The number of dihydropyridines is 1. The molecule has 2 unspecified atom stereocenters. The number of nitrogens with zero attached hydrogens (tertiary/aromatic N) is 1. The SMILES string of the molecule is COC(=O)C1=C(C)C(C(=O)OC)C(c2ccccc2O)N=C1C. The normalized spacial score (nSPS) is 20.8. The highest BCUT2D eigenvalue weighted by molar-refractivity contribution is 6.20. The molecule has 0 aliphatic carbocycles. The molecule has 0 spiro atoms. The van der Waals surface area contributed by atoms with Crippen molar-refractivity contribution in [2.24, 2.45) is 10.9 Å². The Labute approximate surface area is 134 Å². The van der Waals surface area contributed by atoms with Gasteiger partial charge in [0.05, 0.1) is 25.8 Å². The minimum atomic E-state index is -0.800. The summed E-state index contributed by atoms with van der Waals surface area (Å²) < 4.78 is 9.65.